The standard InChI is InChI=1S/C68H49O4P/c69-73(70)71-67-59(63-55-29-13-9-25-51(55)61(52-26-10-14-30-56(52)63)47-35-33-41-17-1-3-19-43(41)37-47)39-45-21-5-7-23-49(45)65(67)66-50-24-8-6-22-46(50)40-60(68(66)72-73)64-57-31-15-11-27-53(57)62(54-28-12-16-32-58(54)64)48-36-34-42-18-2-4-20-44(42)38-48/h1-5,7,9-21,23,25-38,40,59,65,67H,6,8,22,24,39H2,(H,69,70)/t59-,65+,67?/m1/s1. The third-order valence-corrected chi connectivity index (χ3v) is 17.5. The van der Waals surface area contributed by atoms with Crippen LogP contribution < -0.4 is 4.52 Å². The minimum atomic E-state index is -4.81. The van der Waals surface area contributed by atoms with Crippen LogP contribution >= 0.6 is 7.82 Å². The lowest BCUT2D eigenvalue weighted by molar-refractivity contribution is 0.107. The van der Waals surface area contributed by atoms with Gasteiger partial charge in [0.1, 0.15) is 5.75 Å². The molecule has 0 aromatic heterocycles. The van der Waals surface area contributed by atoms with Crippen molar-refractivity contribution >= 4 is 72.5 Å². The second-order valence-electron chi connectivity index (χ2n) is 20.5. The highest BCUT2D eigenvalue weighted by molar-refractivity contribution is 7.47. The van der Waals surface area contributed by atoms with Crippen LogP contribution in [0.4, 0.5) is 0 Å². The van der Waals surface area contributed by atoms with E-state index in [0.717, 1.165) is 113 Å². The molecule has 0 bridgehead atoms. The maximum atomic E-state index is 15.4. The highest BCUT2D eigenvalue weighted by atomic mass is 31.2. The SMILES string of the molecule is O=P1(O)Oc2c(-c3c4ccccc4c(-c4ccc5ccccc5c4)c4ccccc34)cc3c(c2[C@@H]2c4ccccc4C[C@H](c4c5ccccc5c(-c5ccc6ccccc6c5)c5ccccc45)C2O1)CCCC3. The van der Waals surface area contributed by atoms with Crippen molar-refractivity contribution in [2.75, 3.05) is 0 Å². The molecule has 73 heavy (non-hydrogen) atoms. The smallest absolute Gasteiger partial charge is 0.403 e. The maximum absolute atomic E-state index is 15.4. The zero-order valence-corrected chi connectivity index (χ0v) is 41.0. The first-order valence-corrected chi connectivity index (χ1v) is 27.3. The Morgan fingerprint density at radius 3 is 1.48 bits per heavy atom. The van der Waals surface area contributed by atoms with E-state index >= 15 is 4.57 Å². The van der Waals surface area contributed by atoms with Crippen LogP contribution in [0, 0.1) is 0 Å². The Kier molecular flexibility index (Phi) is 9.73. The normalized spacial score (nSPS) is 19.3. The Balaban J connectivity index is 1.01. The van der Waals surface area contributed by atoms with Gasteiger partial charge in [-0.05, 0) is 165 Å². The number of rotatable bonds is 4. The predicted molar refractivity (Wildman–Crippen MR) is 301 cm³/mol. The summed E-state index contributed by atoms with van der Waals surface area (Å²) in [5.74, 6) is -0.266. The number of hydrogen-bond acceptors (Lipinski definition) is 3. The van der Waals surface area contributed by atoms with Crippen LogP contribution in [0.5, 0.6) is 5.75 Å². The van der Waals surface area contributed by atoms with Gasteiger partial charge in [-0.3, -0.25) is 9.42 Å². The van der Waals surface area contributed by atoms with Crippen LogP contribution in [0.2, 0.25) is 0 Å². The fraction of sp³-hybridized carbons (Fsp3) is 0.118. The largest absolute Gasteiger partial charge is 0.527 e. The molecular weight excluding hydrogens is 912 g/mol. The number of phosphoric ester groups is 1. The van der Waals surface area contributed by atoms with E-state index in [0.29, 0.717) is 12.2 Å². The fourth-order valence-corrected chi connectivity index (χ4v) is 14.7. The summed E-state index contributed by atoms with van der Waals surface area (Å²) in [4.78, 5) is 12.6. The van der Waals surface area contributed by atoms with Gasteiger partial charge < -0.3 is 4.52 Å². The van der Waals surface area contributed by atoms with Gasteiger partial charge in [0.2, 0.25) is 0 Å². The summed E-state index contributed by atoms with van der Waals surface area (Å²) in [6.07, 6.45) is 3.74. The van der Waals surface area contributed by atoms with Crippen molar-refractivity contribution in [3.05, 3.63) is 246 Å². The molecule has 0 fully saturated rings. The number of hydrogen-bond donors (Lipinski definition) is 1. The highest BCUT2D eigenvalue weighted by Crippen LogP contribution is 2.63. The van der Waals surface area contributed by atoms with Crippen molar-refractivity contribution in [2.45, 2.75) is 50.0 Å². The molecule has 1 aliphatic heterocycles. The summed E-state index contributed by atoms with van der Waals surface area (Å²) in [7, 11) is -4.81. The molecule has 0 spiro atoms. The predicted octanol–water partition coefficient (Wildman–Crippen LogP) is 17.8. The molecule has 4 atom stereocenters. The number of fused-ring (bicyclic) bond motifs is 13. The van der Waals surface area contributed by atoms with E-state index in [4.69, 9.17) is 9.05 Å². The molecule has 1 N–H and O–H groups in total. The van der Waals surface area contributed by atoms with Crippen LogP contribution in [-0.4, -0.2) is 11.0 Å². The summed E-state index contributed by atoms with van der Waals surface area (Å²) < 4.78 is 29.1. The molecule has 2 aliphatic carbocycles. The first-order valence-electron chi connectivity index (χ1n) is 25.8. The van der Waals surface area contributed by atoms with Crippen LogP contribution in [0.25, 0.3) is 98.0 Å². The Bertz CT molecular complexity index is 4230. The van der Waals surface area contributed by atoms with Gasteiger partial charge in [0.15, 0.2) is 0 Å². The van der Waals surface area contributed by atoms with E-state index < -0.39 is 19.8 Å². The van der Waals surface area contributed by atoms with E-state index in [1.165, 1.54) is 43.8 Å². The van der Waals surface area contributed by atoms with Crippen molar-refractivity contribution in [2.24, 2.45) is 0 Å². The zero-order chi connectivity index (χ0) is 48.4. The van der Waals surface area contributed by atoms with E-state index in [2.05, 4.69) is 212 Å². The second kappa shape index (κ2) is 16.6. The van der Waals surface area contributed by atoms with Gasteiger partial charge in [-0.2, -0.15) is 0 Å². The molecule has 0 saturated carbocycles. The highest BCUT2D eigenvalue weighted by Gasteiger charge is 2.50. The van der Waals surface area contributed by atoms with Gasteiger partial charge in [0.25, 0.3) is 0 Å². The molecule has 0 saturated heterocycles. The molecule has 12 aromatic carbocycles. The Morgan fingerprint density at radius 1 is 0.438 bits per heavy atom. The van der Waals surface area contributed by atoms with Crippen molar-refractivity contribution in [3.63, 3.8) is 0 Å². The van der Waals surface area contributed by atoms with Crippen LogP contribution in [0.1, 0.15) is 58.1 Å². The van der Waals surface area contributed by atoms with Gasteiger partial charge in [0.05, 0.1) is 6.10 Å². The molecule has 2 unspecified atom stereocenters. The topological polar surface area (TPSA) is 55.8 Å². The van der Waals surface area contributed by atoms with Crippen molar-refractivity contribution in [1.29, 1.82) is 0 Å². The van der Waals surface area contributed by atoms with Crippen molar-refractivity contribution < 1.29 is 18.5 Å². The van der Waals surface area contributed by atoms with E-state index in [1.807, 2.05) is 0 Å². The monoisotopic (exact) mass is 960 g/mol. The Labute approximate surface area is 423 Å². The molecule has 0 amide bonds. The Morgan fingerprint density at radius 2 is 0.904 bits per heavy atom. The number of benzene rings is 12. The summed E-state index contributed by atoms with van der Waals surface area (Å²) in [5, 5.41) is 13.7. The molecule has 15 rings (SSSR count). The van der Waals surface area contributed by atoms with Crippen LogP contribution in [-0.2, 0) is 28.4 Å². The third-order valence-electron chi connectivity index (χ3n) is 16.6. The van der Waals surface area contributed by atoms with Gasteiger partial charge in [-0.15, -0.1) is 0 Å². The van der Waals surface area contributed by atoms with Gasteiger partial charge in [-0.1, -0.05) is 194 Å². The average molecular weight is 961 g/mol. The van der Waals surface area contributed by atoms with Gasteiger partial charge >= 0.3 is 7.82 Å². The van der Waals surface area contributed by atoms with Gasteiger partial charge in [0, 0.05) is 28.5 Å². The van der Waals surface area contributed by atoms with E-state index in [1.54, 1.807) is 0 Å². The molecule has 4 nitrogen and oxygen atoms in total. The number of phosphoric acid groups is 1. The molecular formula is C68H49O4P. The quantitative estimate of drug-likeness (QED) is 0.141. The minimum absolute atomic E-state index is 0.318. The summed E-state index contributed by atoms with van der Waals surface area (Å²) in [6, 6.07) is 76.5. The zero-order valence-electron chi connectivity index (χ0n) is 40.1. The molecule has 1 heterocycles. The van der Waals surface area contributed by atoms with Crippen molar-refractivity contribution in [1.82, 2.24) is 0 Å². The minimum Gasteiger partial charge on any atom is -0.403 e. The van der Waals surface area contributed by atoms with Gasteiger partial charge in [-0.25, -0.2) is 4.57 Å². The second-order valence-corrected chi connectivity index (χ2v) is 21.8. The van der Waals surface area contributed by atoms with E-state index in [-0.39, 0.29) is 5.92 Å². The van der Waals surface area contributed by atoms with Crippen molar-refractivity contribution in [3.8, 4) is 39.1 Å². The average Bonchev–Trinajstić information content (AvgIpc) is 3.57. The molecule has 350 valence electrons. The summed E-state index contributed by atoms with van der Waals surface area (Å²) >= 11 is 0. The number of aryl methyl sites for hydroxylation is 1. The lowest BCUT2D eigenvalue weighted by atomic mass is 9.66. The maximum Gasteiger partial charge on any atom is 0.527 e. The molecule has 3 aliphatic rings. The molecule has 12 aromatic rings. The molecule has 0 radical (unpaired) electrons. The Hall–Kier alpha value is -7.85. The summed E-state index contributed by atoms with van der Waals surface area (Å²) in [6.45, 7) is 0. The van der Waals surface area contributed by atoms with Crippen LogP contribution in [0.15, 0.2) is 212 Å². The lowest BCUT2D eigenvalue weighted by Gasteiger charge is -2.40. The lowest BCUT2D eigenvalue weighted by Crippen LogP contribution is -2.35. The summed E-state index contributed by atoms with van der Waals surface area (Å²) in [5.41, 5.74) is 13.5. The van der Waals surface area contributed by atoms with E-state index in [9.17, 15) is 4.89 Å². The first-order chi connectivity index (χ1) is 36.0. The first kappa shape index (κ1) is 42.8. The fourth-order valence-electron chi connectivity index (χ4n) is 13.6. The molecule has 5 heteroatoms. The van der Waals surface area contributed by atoms with Crippen LogP contribution in [0.3, 0.4) is 0 Å². The third kappa shape index (κ3) is 6.71.